The van der Waals surface area contributed by atoms with Crippen molar-refractivity contribution in [2.75, 3.05) is 19.8 Å². The van der Waals surface area contributed by atoms with Gasteiger partial charge in [-0.1, -0.05) is 18.2 Å². The zero-order valence-corrected chi connectivity index (χ0v) is 14.5. The van der Waals surface area contributed by atoms with Crippen LogP contribution in [0.1, 0.15) is 40.1 Å². The molecule has 1 heterocycles. The van der Waals surface area contributed by atoms with Crippen LogP contribution in [0.5, 0.6) is 11.5 Å². The van der Waals surface area contributed by atoms with Crippen molar-refractivity contribution in [1.29, 1.82) is 0 Å². The van der Waals surface area contributed by atoms with E-state index >= 15 is 0 Å². The lowest BCUT2D eigenvalue weighted by Gasteiger charge is -2.15. The molecule has 2 aromatic carbocycles. The van der Waals surface area contributed by atoms with Gasteiger partial charge in [-0.05, 0) is 50.1 Å². The maximum Gasteiger partial charge on any atom is 0.261 e. The number of fused-ring (bicyclic) bond motifs is 1. The zero-order chi connectivity index (χ0) is 17.8. The van der Waals surface area contributed by atoms with E-state index in [4.69, 9.17) is 9.47 Å². The van der Waals surface area contributed by atoms with Crippen LogP contribution in [0, 0.1) is 0 Å². The molecule has 3 rings (SSSR count). The standard InChI is InChI=1S/C20H21NO4/c1-3-24-17-10-9-14(13-18(17)25-4-2)11-12-21-19(22)15-7-5-6-8-16(15)20(21)23/h5-10,13H,3-4,11-12H2,1-2H3. The van der Waals surface area contributed by atoms with E-state index in [9.17, 15) is 9.59 Å². The molecule has 0 N–H and O–H groups in total. The minimum Gasteiger partial charge on any atom is -0.490 e. The summed E-state index contributed by atoms with van der Waals surface area (Å²) in [4.78, 5) is 26.1. The lowest BCUT2D eigenvalue weighted by Crippen LogP contribution is -2.31. The molecule has 0 spiro atoms. The number of rotatable bonds is 7. The van der Waals surface area contributed by atoms with Gasteiger partial charge in [-0.2, -0.15) is 0 Å². The lowest BCUT2D eigenvalue weighted by atomic mass is 10.1. The highest BCUT2D eigenvalue weighted by Crippen LogP contribution is 2.29. The Labute approximate surface area is 147 Å². The summed E-state index contributed by atoms with van der Waals surface area (Å²) in [6, 6.07) is 12.6. The SMILES string of the molecule is CCOc1ccc(CCN2C(=O)c3ccccc3C2=O)cc1OCC. The fraction of sp³-hybridized carbons (Fsp3) is 0.300. The van der Waals surface area contributed by atoms with Gasteiger partial charge in [-0.15, -0.1) is 0 Å². The van der Waals surface area contributed by atoms with Gasteiger partial charge in [0.25, 0.3) is 11.8 Å². The number of hydrogen-bond acceptors (Lipinski definition) is 4. The number of nitrogens with zero attached hydrogens (tertiary/aromatic N) is 1. The van der Waals surface area contributed by atoms with E-state index < -0.39 is 0 Å². The molecule has 1 aliphatic heterocycles. The summed E-state index contributed by atoms with van der Waals surface area (Å²) in [6.07, 6.45) is 0.567. The summed E-state index contributed by atoms with van der Waals surface area (Å²) < 4.78 is 11.2. The first-order valence-electron chi connectivity index (χ1n) is 8.49. The number of hydrogen-bond donors (Lipinski definition) is 0. The van der Waals surface area contributed by atoms with Gasteiger partial charge in [0, 0.05) is 6.54 Å². The molecule has 2 aromatic rings. The number of ether oxygens (including phenoxy) is 2. The lowest BCUT2D eigenvalue weighted by molar-refractivity contribution is 0.0656. The molecular formula is C20H21NO4. The predicted octanol–water partition coefficient (Wildman–Crippen LogP) is 3.32. The maximum atomic E-state index is 12.4. The van der Waals surface area contributed by atoms with Crippen LogP contribution in [0.2, 0.25) is 0 Å². The van der Waals surface area contributed by atoms with Crippen LogP contribution < -0.4 is 9.47 Å². The van der Waals surface area contributed by atoms with E-state index in [1.54, 1.807) is 24.3 Å². The van der Waals surface area contributed by atoms with Crippen molar-refractivity contribution in [2.24, 2.45) is 0 Å². The molecule has 0 atom stereocenters. The fourth-order valence-corrected chi connectivity index (χ4v) is 2.93. The van der Waals surface area contributed by atoms with Crippen LogP contribution in [0.3, 0.4) is 0 Å². The third-order valence-corrected chi connectivity index (χ3v) is 4.11. The van der Waals surface area contributed by atoms with E-state index in [1.165, 1.54) is 4.90 Å². The van der Waals surface area contributed by atoms with E-state index in [-0.39, 0.29) is 11.8 Å². The highest BCUT2D eigenvalue weighted by Gasteiger charge is 2.34. The molecule has 0 fully saturated rings. The molecule has 0 saturated carbocycles. The third-order valence-electron chi connectivity index (χ3n) is 4.11. The van der Waals surface area contributed by atoms with Crippen LogP contribution in [0.25, 0.3) is 0 Å². The van der Waals surface area contributed by atoms with Crippen molar-refractivity contribution < 1.29 is 19.1 Å². The zero-order valence-electron chi connectivity index (χ0n) is 14.5. The number of imide groups is 1. The summed E-state index contributed by atoms with van der Waals surface area (Å²) in [5, 5.41) is 0. The normalized spacial score (nSPS) is 13.1. The van der Waals surface area contributed by atoms with Crippen LogP contribution in [-0.2, 0) is 6.42 Å². The number of carbonyl (C=O) groups is 2. The Morgan fingerprint density at radius 3 is 2.04 bits per heavy atom. The van der Waals surface area contributed by atoms with Gasteiger partial charge in [0.05, 0.1) is 24.3 Å². The summed E-state index contributed by atoms with van der Waals surface area (Å²) in [5.74, 6) is 0.936. The van der Waals surface area contributed by atoms with Crippen molar-refractivity contribution in [1.82, 2.24) is 4.90 Å². The van der Waals surface area contributed by atoms with Crippen molar-refractivity contribution in [3.8, 4) is 11.5 Å². The molecule has 130 valence electrons. The molecule has 1 aliphatic rings. The third kappa shape index (κ3) is 3.36. The molecule has 0 radical (unpaired) electrons. The van der Waals surface area contributed by atoms with Crippen molar-refractivity contribution in [2.45, 2.75) is 20.3 Å². The smallest absolute Gasteiger partial charge is 0.261 e. The highest BCUT2D eigenvalue weighted by molar-refractivity contribution is 6.21. The number of benzene rings is 2. The van der Waals surface area contributed by atoms with Gasteiger partial charge in [-0.25, -0.2) is 0 Å². The molecule has 0 unspecified atom stereocenters. The average Bonchev–Trinajstić information content (AvgIpc) is 2.87. The van der Waals surface area contributed by atoms with Gasteiger partial charge in [0.2, 0.25) is 0 Å². The second kappa shape index (κ2) is 7.38. The Bertz CT molecular complexity index is 765. The van der Waals surface area contributed by atoms with Gasteiger partial charge in [0.1, 0.15) is 0 Å². The first-order chi connectivity index (χ1) is 12.2. The second-order valence-corrected chi connectivity index (χ2v) is 5.70. The molecular weight excluding hydrogens is 318 g/mol. The van der Waals surface area contributed by atoms with E-state index in [1.807, 2.05) is 32.0 Å². The highest BCUT2D eigenvalue weighted by atomic mass is 16.5. The van der Waals surface area contributed by atoms with E-state index in [2.05, 4.69) is 0 Å². The molecule has 0 saturated heterocycles. The topological polar surface area (TPSA) is 55.8 Å². The molecule has 25 heavy (non-hydrogen) atoms. The Morgan fingerprint density at radius 2 is 1.44 bits per heavy atom. The van der Waals surface area contributed by atoms with Crippen molar-refractivity contribution in [3.63, 3.8) is 0 Å². The molecule has 0 aromatic heterocycles. The first-order valence-corrected chi connectivity index (χ1v) is 8.49. The van der Waals surface area contributed by atoms with Crippen molar-refractivity contribution >= 4 is 11.8 Å². The monoisotopic (exact) mass is 339 g/mol. The van der Waals surface area contributed by atoms with E-state index in [0.717, 1.165) is 5.56 Å². The van der Waals surface area contributed by atoms with E-state index in [0.29, 0.717) is 48.8 Å². The summed E-state index contributed by atoms with van der Waals surface area (Å²) in [7, 11) is 0. The molecule has 5 nitrogen and oxygen atoms in total. The number of carbonyl (C=O) groups excluding carboxylic acids is 2. The van der Waals surface area contributed by atoms with Gasteiger partial charge >= 0.3 is 0 Å². The Morgan fingerprint density at radius 1 is 0.840 bits per heavy atom. The molecule has 2 amide bonds. The van der Waals surface area contributed by atoms with Crippen LogP contribution >= 0.6 is 0 Å². The van der Waals surface area contributed by atoms with Gasteiger partial charge < -0.3 is 9.47 Å². The Hall–Kier alpha value is -2.82. The maximum absolute atomic E-state index is 12.4. The Kier molecular flexibility index (Phi) is 5.03. The van der Waals surface area contributed by atoms with Gasteiger partial charge in [0.15, 0.2) is 11.5 Å². The Balaban J connectivity index is 1.73. The van der Waals surface area contributed by atoms with Crippen LogP contribution in [0.4, 0.5) is 0 Å². The molecule has 0 aliphatic carbocycles. The summed E-state index contributed by atoms with van der Waals surface area (Å²) in [6.45, 7) is 5.29. The summed E-state index contributed by atoms with van der Waals surface area (Å²) in [5.41, 5.74) is 1.95. The van der Waals surface area contributed by atoms with Crippen LogP contribution in [-0.4, -0.2) is 36.5 Å². The largest absolute Gasteiger partial charge is 0.490 e. The quantitative estimate of drug-likeness (QED) is 0.726. The predicted molar refractivity (Wildman–Crippen MR) is 94.3 cm³/mol. The fourth-order valence-electron chi connectivity index (χ4n) is 2.93. The van der Waals surface area contributed by atoms with Crippen molar-refractivity contribution in [3.05, 3.63) is 59.2 Å². The average molecular weight is 339 g/mol. The molecule has 0 bridgehead atoms. The minimum absolute atomic E-state index is 0.225. The minimum atomic E-state index is -0.225. The van der Waals surface area contributed by atoms with Crippen LogP contribution in [0.15, 0.2) is 42.5 Å². The number of amides is 2. The molecule has 5 heteroatoms. The van der Waals surface area contributed by atoms with Gasteiger partial charge in [-0.3, -0.25) is 14.5 Å². The second-order valence-electron chi connectivity index (χ2n) is 5.70. The summed E-state index contributed by atoms with van der Waals surface area (Å²) >= 11 is 0. The first kappa shape index (κ1) is 17.0.